The van der Waals surface area contributed by atoms with Crippen LogP contribution in [0.25, 0.3) is 10.9 Å². The third-order valence-corrected chi connectivity index (χ3v) is 5.83. The maximum Gasteiger partial charge on any atom is 0.415 e. The summed E-state index contributed by atoms with van der Waals surface area (Å²) < 4.78 is 5.86. The largest absolute Gasteiger partial charge is 0.415 e. The van der Waals surface area contributed by atoms with Crippen molar-refractivity contribution in [3.63, 3.8) is 0 Å². The fraction of sp³-hybridized carbons (Fsp3) is 0.591. The van der Waals surface area contributed by atoms with Crippen LogP contribution in [-0.2, 0) is 6.42 Å². The highest BCUT2D eigenvalue weighted by Gasteiger charge is 2.27. The molecule has 0 atom stereocenters. The molecule has 6 heteroatoms. The van der Waals surface area contributed by atoms with Gasteiger partial charge in [-0.15, -0.1) is 0 Å². The smallest absolute Gasteiger partial charge is 0.409 e. The Morgan fingerprint density at radius 1 is 1.21 bits per heavy atom. The van der Waals surface area contributed by atoms with Gasteiger partial charge in [0.25, 0.3) is 0 Å². The van der Waals surface area contributed by atoms with Crippen molar-refractivity contribution in [1.82, 2.24) is 19.7 Å². The van der Waals surface area contributed by atoms with Crippen molar-refractivity contribution in [2.24, 2.45) is 0 Å². The Morgan fingerprint density at radius 2 is 1.93 bits per heavy atom. The lowest BCUT2D eigenvalue weighted by Crippen LogP contribution is -2.47. The maximum absolute atomic E-state index is 12.8. The number of benzene rings is 1. The van der Waals surface area contributed by atoms with Crippen LogP contribution in [0, 0.1) is 0 Å². The summed E-state index contributed by atoms with van der Waals surface area (Å²) in [5.74, 6) is 0.656. The Morgan fingerprint density at radius 3 is 2.57 bits per heavy atom. The number of fused-ring (bicyclic) bond motifs is 1. The zero-order valence-corrected chi connectivity index (χ0v) is 17.7. The van der Waals surface area contributed by atoms with Crippen molar-refractivity contribution < 1.29 is 9.53 Å². The van der Waals surface area contributed by atoms with Crippen molar-refractivity contribution >= 4 is 17.0 Å². The molecular weight excluding hydrogens is 352 g/mol. The Bertz CT molecular complexity index is 774. The van der Waals surface area contributed by atoms with Crippen LogP contribution >= 0.6 is 0 Å². The molecule has 0 saturated carbocycles. The van der Waals surface area contributed by atoms with Gasteiger partial charge in [-0.1, -0.05) is 19.9 Å². The normalized spacial score (nSPS) is 15.7. The van der Waals surface area contributed by atoms with E-state index >= 15 is 0 Å². The molecule has 0 bridgehead atoms. The minimum absolute atomic E-state index is 0.231. The van der Waals surface area contributed by atoms with Gasteiger partial charge in [0.2, 0.25) is 0 Å². The predicted molar refractivity (Wildman–Crippen MR) is 114 cm³/mol. The van der Waals surface area contributed by atoms with E-state index in [0.717, 1.165) is 62.9 Å². The summed E-state index contributed by atoms with van der Waals surface area (Å²) in [5, 5.41) is 1.02. The number of hydrogen-bond donors (Lipinski definition) is 1. The molecule has 2 heterocycles. The number of aromatic amines is 1. The number of rotatable bonds is 7. The Kier molecular flexibility index (Phi) is 6.97. The second kappa shape index (κ2) is 9.43. The van der Waals surface area contributed by atoms with E-state index in [9.17, 15) is 4.79 Å². The highest BCUT2D eigenvalue weighted by atomic mass is 16.6. The first-order valence-electron chi connectivity index (χ1n) is 10.5. The molecule has 6 nitrogen and oxygen atoms in total. The van der Waals surface area contributed by atoms with E-state index in [1.807, 2.05) is 29.3 Å². The molecule has 1 aliphatic rings. The standard InChI is InChI=1S/C22H34N4O2/c1-5-25(6-2)18-11-14-26(15-12-18)22(27)28-20-9-7-8-19-21(20)17(16-23-19)10-13-24(3)4/h7-9,16,18,23H,5-6,10-15H2,1-4H3. The molecule has 1 aliphatic heterocycles. The van der Waals surface area contributed by atoms with Gasteiger partial charge in [0.05, 0.1) is 0 Å². The van der Waals surface area contributed by atoms with Gasteiger partial charge in [0.1, 0.15) is 5.75 Å². The van der Waals surface area contributed by atoms with E-state index in [-0.39, 0.29) is 6.09 Å². The van der Waals surface area contributed by atoms with Gasteiger partial charge >= 0.3 is 6.09 Å². The zero-order valence-electron chi connectivity index (χ0n) is 17.7. The molecule has 28 heavy (non-hydrogen) atoms. The number of H-pyrrole nitrogens is 1. The first-order chi connectivity index (χ1) is 13.5. The second-order valence-electron chi connectivity index (χ2n) is 7.85. The van der Waals surface area contributed by atoms with Crippen LogP contribution in [0.5, 0.6) is 5.75 Å². The zero-order chi connectivity index (χ0) is 20.1. The molecule has 1 fully saturated rings. The molecule has 1 saturated heterocycles. The van der Waals surface area contributed by atoms with E-state index in [1.165, 1.54) is 5.56 Å². The number of likely N-dealkylation sites (N-methyl/N-ethyl adjacent to an activating group) is 1. The maximum atomic E-state index is 12.8. The van der Waals surface area contributed by atoms with Crippen molar-refractivity contribution in [3.8, 4) is 5.75 Å². The van der Waals surface area contributed by atoms with Crippen molar-refractivity contribution in [2.45, 2.75) is 39.2 Å². The van der Waals surface area contributed by atoms with Gasteiger partial charge in [-0.3, -0.25) is 0 Å². The first-order valence-corrected chi connectivity index (χ1v) is 10.5. The number of carbonyl (C=O) groups is 1. The molecular formula is C22H34N4O2. The summed E-state index contributed by atoms with van der Waals surface area (Å²) in [4.78, 5) is 22.6. The highest BCUT2D eigenvalue weighted by molar-refractivity contribution is 5.91. The van der Waals surface area contributed by atoms with Gasteiger partial charge < -0.3 is 24.4 Å². The van der Waals surface area contributed by atoms with Gasteiger partial charge in [0.15, 0.2) is 0 Å². The van der Waals surface area contributed by atoms with Crippen molar-refractivity contribution in [3.05, 3.63) is 30.0 Å². The van der Waals surface area contributed by atoms with Crippen LogP contribution in [0.4, 0.5) is 4.79 Å². The number of hydrogen-bond acceptors (Lipinski definition) is 4. The predicted octanol–water partition coefficient (Wildman–Crippen LogP) is 3.58. The quantitative estimate of drug-likeness (QED) is 0.790. The summed E-state index contributed by atoms with van der Waals surface area (Å²) in [7, 11) is 4.13. The van der Waals surface area contributed by atoms with E-state index in [2.05, 4.69) is 42.7 Å². The molecule has 1 aromatic carbocycles. The molecule has 0 radical (unpaired) electrons. The van der Waals surface area contributed by atoms with E-state index in [0.29, 0.717) is 11.8 Å². The van der Waals surface area contributed by atoms with Gasteiger partial charge in [-0.25, -0.2) is 4.79 Å². The number of nitrogens with zero attached hydrogens (tertiary/aromatic N) is 3. The second-order valence-corrected chi connectivity index (χ2v) is 7.85. The summed E-state index contributed by atoms with van der Waals surface area (Å²) in [6.07, 6.45) is 4.74. The van der Waals surface area contributed by atoms with Gasteiger partial charge in [0, 0.05) is 42.8 Å². The fourth-order valence-electron chi connectivity index (χ4n) is 4.16. The molecule has 0 unspecified atom stereocenters. The van der Waals surface area contributed by atoms with Gasteiger partial charge in [-0.05, 0) is 64.1 Å². The third kappa shape index (κ3) is 4.67. The van der Waals surface area contributed by atoms with Crippen LogP contribution in [0.3, 0.4) is 0 Å². The lowest BCUT2D eigenvalue weighted by Gasteiger charge is -2.37. The van der Waals surface area contributed by atoms with E-state index in [1.54, 1.807) is 0 Å². The SMILES string of the molecule is CCN(CC)C1CCN(C(=O)Oc2cccc3[nH]cc(CCN(C)C)c23)CC1. The molecule has 3 rings (SSSR count). The number of ether oxygens (including phenoxy) is 1. The molecule has 0 spiro atoms. The third-order valence-electron chi connectivity index (χ3n) is 5.83. The summed E-state index contributed by atoms with van der Waals surface area (Å²) in [6.45, 7) is 9.01. The van der Waals surface area contributed by atoms with Gasteiger partial charge in [-0.2, -0.15) is 0 Å². The topological polar surface area (TPSA) is 51.8 Å². The summed E-state index contributed by atoms with van der Waals surface area (Å²) in [6, 6.07) is 6.44. The number of likely N-dealkylation sites (tertiary alicyclic amines) is 1. The average molecular weight is 387 g/mol. The molecule has 1 aromatic heterocycles. The monoisotopic (exact) mass is 386 g/mol. The number of carbonyl (C=O) groups excluding carboxylic acids is 1. The van der Waals surface area contributed by atoms with E-state index < -0.39 is 0 Å². The number of piperidine rings is 1. The number of amides is 1. The minimum atomic E-state index is -0.231. The Labute approximate surface area is 168 Å². The molecule has 1 N–H and O–H groups in total. The lowest BCUT2D eigenvalue weighted by atomic mass is 10.0. The van der Waals surface area contributed by atoms with Crippen LogP contribution in [0.1, 0.15) is 32.3 Å². The molecule has 154 valence electrons. The van der Waals surface area contributed by atoms with E-state index in [4.69, 9.17) is 4.74 Å². The summed E-state index contributed by atoms with van der Waals surface area (Å²) >= 11 is 0. The first kappa shape index (κ1) is 20.7. The van der Waals surface area contributed by atoms with Crippen LogP contribution in [0.15, 0.2) is 24.4 Å². The number of aromatic nitrogens is 1. The molecule has 1 amide bonds. The molecule has 0 aliphatic carbocycles. The average Bonchev–Trinajstić information content (AvgIpc) is 3.12. The number of nitrogens with one attached hydrogen (secondary N) is 1. The van der Waals surface area contributed by atoms with Crippen molar-refractivity contribution in [1.29, 1.82) is 0 Å². The molecule has 2 aromatic rings. The van der Waals surface area contributed by atoms with Crippen LogP contribution in [-0.4, -0.2) is 78.6 Å². The lowest BCUT2D eigenvalue weighted by molar-refractivity contribution is 0.104. The van der Waals surface area contributed by atoms with Crippen molar-refractivity contribution in [2.75, 3.05) is 46.8 Å². The highest BCUT2D eigenvalue weighted by Crippen LogP contribution is 2.30. The van der Waals surface area contributed by atoms with Crippen LogP contribution < -0.4 is 4.74 Å². The summed E-state index contributed by atoms with van der Waals surface area (Å²) in [5.41, 5.74) is 2.20. The Hall–Kier alpha value is -2.05. The Balaban J connectivity index is 1.67. The minimum Gasteiger partial charge on any atom is -0.409 e. The van der Waals surface area contributed by atoms with Crippen LogP contribution in [0.2, 0.25) is 0 Å². The fourth-order valence-corrected chi connectivity index (χ4v) is 4.16.